The van der Waals surface area contributed by atoms with Gasteiger partial charge in [0.05, 0.1) is 0 Å². The molecule has 9 heteroatoms. The highest BCUT2D eigenvalue weighted by Gasteiger charge is 2.47. The Balaban J connectivity index is 1.40. The molecule has 1 amide bonds. The number of rotatable bonds is 4. The van der Waals surface area contributed by atoms with Crippen molar-refractivity contribution in [3.63, 3.8) is 0 Å². The van der Waals surface area contributed by atoms with Crippen LogP contribution in [0.3, 0.4) is 0 Å². The molecule has 2 aromatic rings. The van der Waals surface area contributed by atoms with Gasteiger partial charge in [-0.2, -0.15) is 4.31 Å². The van der Waals surface area contributed by atoms with Crippen LogP contribution in [0.15, 0.2) is 33.7 Å². The number of sulfonamides is 1. The van der Waals surface area contributed by atoms with Gasteiger partial charge in [0.15, 0.2) is 5.76 Å². The van der Waals surface area contributed by atoms with Gasteiger partial charge in [0.1, 0.15) is 16.4 Å². The highest BCUT2D eigenvalue weighted by Crippen LogP contribution is 2.49. The molecule has 150 valence electrons. The van der Waals surface area contributed by atoms with E-state index in [4.69, 9.17) is 4.52 Å². The lowest BCUT2D eigenvalue weighted by molar-refractivity contribution is -0.133. The molecule has 1 aromatic carbocycles. The maximum atomic E-state index is 13.9. The first kappa shape index (κ1) is 19.1. The van der Waals surface area contributed by atoms with Crippen molar-refractivity contribution in [1.82, 2.24) is 14.4 Å². The van der Waals surface area contributed by atoms with Crippen molar-refractivity contribution in [2.45, 2.75) is 31.1 Å². The van der Waals surface area contributed by atoms with E-state index in [0.29, 0.717) is 30.8 Å². The minimum absolute atomic E-state index is 0.0253. The maximum absolute atomic E-state index is 13.9. The molecule has 1 aromatic heterocycles. The van der Waals surface area contributed by atoms with Gasteiger partial charge in [-0.25, -0.2) is 12.8 Å². The van der Waals surface area contributed by atoms with E-state index in [1.165, 1.54) is 10.4 Å². The summed E-state index contributed by atoms with van der Waals surface area (Å²) in [6.45, 7) is 4.25. The second-order valence-electron chi connectivity index (χ2n) is 7.35. The zero-order valence-electron chi connectivity index (χ0n) is 15.8. The number of carbonyl (C=O) groups excluding carboxylic acids is 1. The highest BCUT2D eigenvalue weighted by molar-refractivity contribution is 7.89. The first-order chi connectivity index (χ1) is 13.3. The summed E-state index contributed by atoms with van der Waals surface area (Å²) in [5, 5.41) is 3.72. The Bertz CT molecular complexity index is 992. The van der Waals surface area contributed by atoms with E-state index >= 15 is 0 Å². The fourth-order valence-corrected chi connectivity index (χ4v) is 5.66. The van der Waals surface area contributed by atoms with Crippen molar-refractivity contribution in [3.05, 3.63) is 47.1 Å². The topological polar surface area (TPSA) is 83.7 Å². The Morgan fingerprint density at radius 3 is 2.46 bits per heavy atom. The van der Waals surface area contributed by atoms with Crippen LogP contribution >= 0.6 is 0 Å². The molecule has 1 saturated carbocycles. The Morgan fingerprint density at radius 2 is 1.86 bits per heavy atom. The third-order valence-corrected chi connectivity index (χ3v) is 7.67. The number of halogens is 1. The van der Waals surface area contributed by atoms with Gasteiger partial charge in [-0.15, -0.1) is 0 Å². The van der Waals surface area contributed by atoms with Crippen LogP contribution < -0.4 is 0 Å². The van der Waals surface area contributed by atoms with E-state index in [2.05, 4.69) is 5.16 Å². The van der Waals surface area contributed by atoms with Gasteiger partial charge in [-0.05, 0) is 37.8 Å². The Kier molecular flexibility index (Phi) is 4.75. The summed E-state index contributed by atoms with van der Waals surface area (Å²) in [5.41, 5.74) is 0.919. The summed E-state index contributed by atoms with van der Waals surface area (Å²) < 4.78 is 46.0. The summed E-state index contributed by atoms with van der Waals surface area (Å²) in [4.78, 5) is 14.6. The molecule has 4 rings (SSSR count). The van der Waals surface area contributed by atoms with Crippen LogP contribution in [0.4, 0.5) is 4.39 Å². The Morgan fingerprint density at radius 1 is 1.18 bits per heavy atom. The number of amides is 1. The molecule has 28 heavy (non-hydrogen) atoms. The van der Waals surface area contributed by atoms with Crippen molar-refractivity contribution >= 4 is 15.9 Å². The summed E-state index contributed by atoms with van der Waals surface area (Å²) >= 11 is 0. The van der Waals surface area contributed by atoms with Gasteiger partial charge >= 0.3 is 0 Å². The van der Waals surface area contributed by atoms with Crippen molar-refractivity contribution in [2.75, 3.05) is 26.2 Å². The standard InChI is InChI=1S/C19H22FN3O4S/c1-12-18(13(2)27-21-12)28(25,26)23-9-7-22(8-10-23)19(24)16-11-15(16)14-5-3-4-6-17(14)20/h3-6,15-16H,7-11H2,1-2H3/t15-,16-/m0/s1. The zero-order chi connectivity index (χ0) is 20.1. The van der Waals surface area contributed by atoms with Gasteiger partial charge in [0.2, 0.25) is 15.9 Å². The summed E-state index contributed by atoms with van der Waals surface area (Å²) in [7, 11) is -3.70. The molecule has 1 saturated heterocycles. The lowest BCUT2D eigenvalue weighted by atomic mass is 10.1. The molecule has 2 heterocycles. The van der Waals surface area contributed by atoms with Crippen LogP contribution in [0, 0.1) is 25.6 Å². The molecule has 0 bridgehead atoms. The van der Waals surface area contributed by atoms with Crippen LogP contribution in [0.5, 0.6) is 0 Å². The molecule has 0 N–H and O–H groups in total. The van der Waals surface area contributed by atoms with Crippen molar-refractivity contribution in [1.29, 1.82) is 0 Å². The first-order valence-electron chi connectivity index (χ1n) is 9.27. The predicted molar refractivity (Wildman–Crippen MR) is 98.6 cm³/mol. The molecule has 0 spiro atoms. The molecule has 0 unspecified atom stereocenters. The molecular formula is C19H22FN3O4S. The molecule has 2 fully saturated rings. The number of hydrogen-bond donors (Lipinski definition) is 0. The van der Waals surface area contributed by atoms with Crippen LogP contribution in [0.1, 0.15) is 29.4 Å². The zero-order valence-corrected chi connectivity index (χ0v) is 16.6. The average molecular weight is 407 g/mol. The molecule has 1 aliphatic heterocycles. The normalized spacial score (nSPS) is 23.0. The minimum atomic E-state index is -3.70. The number of carbonyl (C=O) groups is 1. The van der Waals surface area contributed by atoms with Gasteiger partial charge in [-0.1, -0.05) is 23.4 Å². The quantitative estimate of drug-likeness (QED) is 0.775. The molecule has 0 radical (unpaired) electrons. The molecule has 2 aliphatic rings. The van der Waals surface area contributed by atoms with E-state index in [1.807, 2.05) is 0 Å². The largest absolute Gasteiger partial charge is 0.360 e. The van der Waals surface area contributed by atoms with E-state index in [-0.39, 0.29) is 47.3 Å². The highest BCUT2D eigenvalue weighted by atomic mass is 32.2. The predicted octanol–water partition coefficient (Wildman–Crippen LogP) is 2.07. The van der Waals surface area contributed by atoms with Crippen molar-refractivity contribution < 1.29 is 22.1 Å². The molecule has 7 nitrogen and oxygen atoms in total. The van der Waals surface area contributed by atoms with Gasteiger partial charge in [0, 0.05) is 32.1 Å². The van der Waals surface area contributed by atoms with Crippen LogP contribution in [0.2, 0.25) is 0 Å². The maximum Gasteiger partial charge on any atom is 0.248 e. The smallest absolute Gasteiger partial charge is 0.248 e. The first-order valence-corrected chi connectivity index (χ1v) is 10.7. The van der Waals surface area contributed by atoms with Crippen LogP contribution in [0.25, 0.3) is 0 Å². The van der Waals surface area contributed by atoms with Gasteiger partial charge < -0.3 is 9.42 Å². The summed E-state index contributed by atoms with van der Waals surface area (Å²) in [6.07, 6.45) is 0.636. The van der Waals surface area contributed by atoms with Crippen molar-refractivity contribution in [3.8, 4) is 0 Å². The Labute approximate surface area is 163 Å². The number of hydrogen-bond acceptors (Lipinski definition) is 5. The van der Waals surface area contributed by atoms with E-state index < -0.39 is 10.0 Å². The third-order valence-electron chi connectivity index (χ3n) is 5.53. The number of piperazine rings is 1. The number of aryl methyl sites for hydroxylation is 2. The van der Waals surface area contributed by atoms with Gasteiger partial charge in [0.25, 0.3) is 0 Å². The average Bonchev–Trinajstić information content (AvgIpc) is 3.39. The Hall–Kier alpha value is -2.26. The fourth-order valence-electron chi connectivity index (χ4n) is 3.94. The van der Waals surface area contributed by atoms with E-state index in [9.17, 15) is 17.6 Å². The third kappa shape index (κ3) is 3.22. The summed E-state index contributed by atoms with van der Waals surface area (Å²) in [6, 6.07) is 6.54. The summed E-state index contributed by atoms with van der Waals surface area (Å²) in [5.74, 6) is -0.345. The number of benzene rings is 1. The van der Waals surface area contributed by atoms with Crippen LogP contribution in [-0.2, 0) is 14.8 Å². The lowest BCUT2D eigenvalue weighted by Crippen LogP contribution is -2.51. The number of aromatic nitrogens is 1. The minimum Gasteiger partial charge on any atom is -0.360 e. The van der Waals surface area contributed by atoms with Gasteiger partial charge in [-0.3, -0.25) is 4.79 Å². The second-order valence-corrected chi connectivity index (χ2v) is 9.23. The monoisotopic (exact) mass is 407 g/mol. The number of nitrogens with zero attached hydrogens (tertiary/aromatic N) is 3. The lowest BCUT2D eigenvalue weighted by Gasteiger charge is -2.34. The molecular weight excluding hydrogens is 385 g/mol. The van der Waals surface area contributed by atoms with E-state index in [0.717, 1.165) is 0 Å². The van der Waals surface area contributed by atoms with Crippen LogP contribution in [-0.4, -0.2) is 54.9 Å². The molecule has 1 aliphatic carbocycles. The molecule has 2 atom stereocenters. The SMILES string of the molecule is Cc1noc(C)c1S(=O)(=O)N1CCN(C(=O)[C@H]2C[C@H]2c2ccccc2F)CC1. The fraction of sp³-hybridized carbons (Fsp3) is 0.474. The second kappa shape index (κ2) is 6.97. The van der Waals surface area contributed by atoms with E-state index in [1.54, 1.807) is 36.9 Å². The van der Waals surface area contributed by atoms with Crippen molar-refractivity contribution in [2.24, 2.45) is 5.92 Å².